The van der Waals surface area contributed by atoms with Gasteiger partial charge in [0, 0.05) is 5.92 Å². The van der Waals surface area contributed by atoms with Gasteiger partial charge in [0.1, 0.15) is 19.8 Å². The molecule has 1 aliphatic rings. The van der Waals surface area contributed by atoms with E-state index in [1.807, 2.05) is 69.7 Å². The van der Waals surface area contributed by atoms with Crippen molar-refractivity contribution in [1.29, 1.82) is 0 Å². The number of nitrogens with zero attached hydrogens (tertiary/aromatic N) is 1. The molecule has 3 unspecified atom stereocenters. The number of rotatable bonds is 11. The first-order valence-corrected chi connectivity index (χ1v) is 12.7. The van der Waals surface area contributed by atoms with Crippen molar-refractivity contribution in [2.45, 2.75) is 25.0 Å². The van der Waals surface area contributed by atoms with Crippen LogP contribution in [0.15, 0.2) is 48.5 Å². The van der Waals surface area contributed by atoms with E-state index < -0.39 is 32.0 Å². The van der Waals surface area contributed by atoms with Crippen molar-refractivity contribution in [3.8, 4) is 11.1 Å². The number of hydrogen-bond acceptors (Lipinski definition) is 6. The van der Waals surface area contributed by atoms with Crippen molar-refractivity contribution in [2.24, 2.45) is 0 Å². The molecular formula is C24H32N2O8P+. The van der Waals surface area contributed by atoms with Crippen LogP contribution in [0.5, 0.6) is 0 Å². The Kier molecular flexibility index (Phi) is 8.35. The zero-order valence-electron chi connectivity index (χ0n) is 20.2. The minimum absolute atomic E-state index is 0.00586. The zero-order chi connectivity index (χ0) is 25.8. The highest BCUT2D eigenvalue weighted by atomic mass is 31.2. The molecule has 35 heavy (non-hydrogen) atoms. The van der Waals surface area contributed by atoms with Gasteiger partial charge in [0.2, 0.25) is 0 Å². The van der Waals surface area contributed by atoms with E-state index in [9.17, 15) is 24.2 Å². The number of nitrogens with one attached hydrogen (secondary N) is 1. The quantitative estimate of drug-likeness (QED) is 0.312. The van der Waals surface area contributed by atoms with Crippen LogP contribution in [0.2, 0.25) is 0 Å². The first-order chi connectivity index (χ1) is 16.4. The van der Waals surface area contributed by atoms with Gasteiger partial charge in [-0.15, -0.1) is 0 Å². The van der Waals surface area contributed by atoms with E-state index in [1.54, 1.807) is 0 Å². The van der Waals surface area contributed by atoms with Crippen LogP contribution in [0, 0.1) is 0 Å². The number of ether oxygens (including phenoxy) is 1. The van der Waals surface area contributed by atoms with Crippen molar-refractivity contribution in [3.05, 3.63) is 59.7 Å². The average molecular weight is 508 g/mol. The molecule has 0 fully saturated rings. The number of amides is 1. The normalized spacial score (nSPS) is 16.5. The van der Waals surface area contributed by atoms with Gasteiger partial charge in [0.15, 0.2) is 6.04 Å². The molecule has 0 saturated carbocycles. The third-order valence-corrected chi connectivity index (χ3v) is 6.78. The first-order valence-electron chi connectivity index (χ1n) is 11.2. The molecule has 0 radical (unpaired) electrons. The number of likely N-dealkylation sites (N-methyl/N-ethyl adjacent to an activating group) is 1. The lowest BCUT2D eigenvalue weighted by atomic mass is 9.98. The summed E-state index contributed by atoms with van der Waals surface area (Å²) in [7, 11) is 1.11. The summed E-state index contributed by atoms with van der Waals surface area (Å²) < 4.78 is 28.0. The summed E-state index contributed by atoms with van der Waals surface area (Å²) in [5.41, 5.74) is 4.15. The van der Waals surface area contributed by atoms with Crippen LogP contribution in [-0.2, 0) is 23.1 Å². The number of aliphatic carboxylic acids is 1. The van der Waals surface area contributed by atoms with Gasteiger partial charge >= 0.3 is 19.9 Å². The van der Waals surface area contributed by atoms with Crippen LogP contribution in [0.3, 0.4) is 0 Å². The van der Waals surface area contributed by atoms with Crippen molar-refractivity contribution in [2.75, 3.05) is 40.9 Å². The number of hydrogen-bond donors (Lipinski definition) is 3. The summed E-state index contributed by atoms with van der Waals surface area (Å²) >= 11 is 0. The monoisotopic (exact) mass is 507 g/mol. The molecule has 1 aliphatic carbocycles. The van der Waals surface area contributed by atoms with E-state index in [4.69, 9.17) is 13.8 Å². The molecule has 0 spiro atoms. The largest absolute Gasteiger partial charge is 0.480 e. The van der Waals surface area contributed by atoms with Gasteiger partial charge in [0.25, 0.3) is 0 Å². The summed E-state index contributed by atoms with van der Waals surface area (Å²) in [6, 6.07) is 14.0. The number of carboxylic acid groups (broad SMARTS) is 1. The lowest BCUT2D eigenvalue weighted by Gasteiger charge is -2.26. The zero-order valence-corrected chi connectivity index (χ0v) is 21.1. The molecule has 0 heterocycles. The molecule has 0 aromatic heterocycles. The van der Waals surface area contributed by atoms with Gasteiger partial charge in [-0.05, 0) is 29.2 Å². The molecular weight excluding hydrogens is 475 g/mol. The second-order valence-electron chi connectivity index (χ2n) is 9.41. The minimum atomic E-state index is -4.54. The van der Waals surface area contributed by atoms with E-state index in [2.05, 4.69) is 5.32 Å². The summed E-state index contributed by atoms with van der Waals surface area (Å²) in [5, 5.41) is 11.8. The SMILES string of the molecule is CC(OP(=O)(O)OCC[N+](C)(C)C)C(NC(=O)OCC1c2ccccc2-c2ccccc21)C(=O)O. The molecule has 1 amide bonds. The maximum absolute atomic E-state index is 12.5. The molecule has 0 saturated heterocycles. The Balaban J connectivity index is 1.59. The number of carbonyl (C=O) groups excluding carboxylic acids is 1. The lowest BCUT2D eigenvalue weighted by Crippen LogP contribution is -2.48. The average Bonchev–Trinajstić information content (AvgIpc) is 3.08. The Labute approximate surface area is 204 Å². The predicted molar refractivity (Wildman–Crippen MR) is 129 cm³/mol. The number of fused-ring (bicyclic) bond motifs is 3. The number of benzene rings is 2. The maximum atomic E-state index is 12.5. The molecule has 10 nitrogen and oxygen atoms in total. The van der Waals surface area contributed by atoms with Crippen molar-refractivity contribution < 1.29 is 42.4 Å². The highest BCUT2D eigenvalue weighted by molar-refractivity contribution is 7.47. The Bertz CT molecular complexity index is 1070. The van der Waals surface area contributed by atoms with Gasteiger partial charge in [-0.25, -0.2) is 14.2 Å². The maximum Gasteiger partial charge on any atom is 0.472 e. The van der Waals surface area contributed by atoms with Crippen LogP contribution in [-0.4, -0.2) is 79.6 Å². The summed E-state index contributed by atoms with van der Waals surface area (Å²) in [6.07, 6.45) is -2.35. The minimum Gasteiger partial charge on any atom is -0.480 e. The third-order valence-electron chi connectivity index (χ3n) is 5.67. The summed E-state index contributed by atoms with van der Waals surface area (Å²) in [4.78, 5) is 34.2. The summed E-state index contributed by atoms with van der Waals surface area (Å²) in [5.74, 6) is -1.64. The Morgan fingerprint density at radius 2 is 1.60 bits per heavy atom. The number of carbonyl (C=O) groups is 2. The van der Waals surface area contributed by atoms with Crippen LogP contribution < -0.4 is 5.32 Å². The Hall–Kier alpha value is -2.75. The number of quaternary nitrogens is 1. The van der Waals surface area contributed by atoms with E-state index in [0.717, 1.165) is 22.3 Å². The smallest absolute Gasteiger partial charge is 0.472 e. The molecule has 0 bridgehead atoms. The second-order valence-corrected chi connectivity index (χ2v) is 10.8. The highest BCUT2D eigenvalue weighted by Crippen LogP contribution is 2.45. The van der Waals surface area contributed by atoms with E-state index in [-0.39, 0.29) is 19.1 Å². The van der Waals surface area contributed by atoms with Gasteiger partial charge in [-0.1, -0.05) is 48.5 Å². The second kappa shape index (κ2) is 10.9. The fourth-order valence-corrected chi connectivity index (χ4v) is 4.79. The highest BCUT2D eigenvalue weighted by Gasteiger charge is 2.35. The number of alkyl carbamates (subject to hydrolysis) is 1. The number of phosphoric ester groups is 1. The molecule has 2 aromatic rings. The van der Waals surface area contributed by atoms with Gasteiger partial charge in [-0.2, -0.15) is 0 Å². The fourth-order valence-electron chi connectivity index (χ4n) is 3.88. The van der Waals surface area contributed by atoms with Crippen LogP contribution in [0.25, 0.3) is 11.1 Å². The number of carboxylic acids is 1. The van der Waals surface area contributed by atoms with Crippen LogP contribution in [0.4, 0.5) is 4.79 Å². The standard InChI is InChI=1S/C24H31N2O8P/c1-16(34-35(30,31)33-14-13-26(2,3)4)22(23(27)28)25-24(29)32-15-21-19-11-7-5-9-17(19)18-10-6-8-12-20(18)21/h5-12,16,21-22H,13-15H2,1-4H3,(H2-,25,27,28,29,30,31)/p+1. The van der Waals surface area contributed by atoms with Gasteiger partial charge in [0.05, 0.1) is 27.2 Å². The topological polar surface area (TPSA) is 131 Å². The molecule has 3 N–H and O–H groups in total. The van der Waals surface area contributed by atoms with E-state index >= 15 is 0 Å². The summed E-state index contributed by atoms with van der Waals surface area (Å²) in [6.45, 7) is 1.62. The molecule has 11 heteroatoms. The fraction of sp³-hybridized carbons (Fsp3) is 0.417. The van der Waals surface area contributed by atoms with Crippen LogP contribution >= 0.6 is 7.82 Å². The van der Waals surface area contributed by atoms with Crippen LogP contribution in [0.1, 0.15) is 24.0 Å². The molecule has 3 rings (SSSR count). The molecule has 190 valence electrons. The predicted octanol–water partition coefficient (Wildman–Crippen LogP) is 3.21. The van der Waals surface area contributed by atoms with Gasteiger partial charge < -0.3 is 24.5 Å². The third kappa shape index (κ3) is 7.13. The van der Waals surface area contributed by atoms with E-state index in [0.29, 0.717) is 11.0 Å². The molecule has 3 atom stereocenters. The van der Waals surface area contributed by atoms with E-state index in [1.165, 1.54) is 6.92 Å². The first kappa shape index (κ1) is 26.8. The molecule has 0 aliphatic heterocycles. The Morgan fingerprint density at radius 1 is 1.06 bits per heavy atom. The van der Waals surface area contributed by atoms with Crippen molar-refractivity contribution in [3.63, 3.8) is 0 Å². The molecule has 2 aromatic carbocycles. The van der Waals surface area contributed by atoms with Crippen molar-refractivity contribution >= 4 is 19.9 Å². The van der Waals surface area contributed by atoms with Gasteiger partial charge in [-0.3, -0.25) is 9.05 Å². The Morgan fingerprint density at radius 3 is 2.11 bits per heavy atom. The lowest BCUT2D eigenvalue weighted by molar-refractivity contribution is -0.870. The van der Waals surface area contributed by atoms with Crippen molar-refractivity contribution in [1.82, 2.24) is 5.32 Å². The number of phosphoric acid groups is 1.